The van der Waals surface area contributed by atoms with Crippen LogP contribution in [0.25, 0.3) is 0 Å². The smallest absolute Gasteiger partial charge is 0.326 e. The van der Waals surface area contributed by atoms with Crippen molar-refractivity contribution in [3.8, 4) is 0 Å². The second-order valence-electron chi connectivity index (χ2n) is 4.35. The van der Waals surface area contributed by atoms with E-state index < -0.39 is 30.4 Å². The lowest BCUT2D eigenvalue weighted by Gasteiger charge is -2.16. The molecule has 1 aromatic rings. The number of primary amides is 1. The Balaban J connectivity index is 2.57. The number of nitrogens with two attached hydrogens (primary N) is 1. The van der Waals surface area contributed by atoms with Crippen LogP contribution in [0.3, 0.4) is 0 Å². The predicted molar refractivity (Wildman–Crippen MR) is 74.4 cm³/mol. The molecular weight excluding hydrogens is 282 g/mol. The van der Waals surface area contributed by atoms with Gasteiger partial charge in [0.05, 0.1) is 12.5 Å². The Morgan fingerprint density at radius 1 is 1.35 bits per heavy atom. The number of aliphatic carboxylic acids is 1. The van der Waals surface area contributed by atoms with E-state index in [0.29, 0.717) is 0 Å². The molecule has 1 heterocycles. The van der Waals surface area contributed by atoms with Crippen LogP contribution in [-0.2, 0) is 9.59 Å². The van der Waals surface area contributed by atoms with Gasteiger partial charge in [-0.3, -0.25) is 4.79 Å². The summed E-state index contributed by atoms with van der Waals surface area (Å²) < 4.78 is 0. The number of carbonyl (C=O) groups is 3. The summed E-state index contributed by atoms with van der Waals surface area (Å²) in [5.74, 6) is -2.10. The van der Waals surface area contributed by atoms with Gasteiger partial charge in [0.1, 0.15) is 6.04 Å². The second kappa shape index (κ2) is 6.90. The van der Waals surface area contributed by atoms with E-state index in [9.17, 15) is 14.4 Å². The Bertz CT molecular complexity index is 515. The van der Waals surface area contributed by atoms with Gasteiger partial charge in [0.25, 0.3) is 0 Å². The number of hydrogen-bond donors (Lipinski definition) is 4. The van der Waals surface area contributed by atoms with Crippen molar-refractivity contribution in [2.45, 2.75) is 32.4 Å². The van der Waals surface area contributed by atoms with Gasteiger partial charge in [-0.15, -0.1) is 11.3 Å². The third-order valence-electron chi connectivity index (χ3n) is 2.54. The Morgan fingerprint density at radius 2 is 2.00 bits per heavy atom. The van der Waals surface area contributed by atoms with Crippen molar-refractivity contribution >= 4 is 29.2 Å². The van der Waals surface area contributed by atoms with Crippen molar-refractivity contribution in [2.75, 3.05) is 0 Å². The van der Waals surface area contributed by atoms with Crippen molar-refractivity contribution in [1.29, 1.82) is 0 Å². The van der Waals surface area contributed by atoms with Crippen LogP contribution in [0.5, 0.6) is 0 Å². The van der Waals surface area contributed by atoms with Gasteiger partial charge in [-0.25, -0.2) is 9.59 Å². The molecule has 0 saturated carbocycles. The summed E-state index contributed by atoms with van der Waals surface area (Å²) in [4.78, 5) is 35.4. The zero-order valence-corrected chi connectivity index (χ0v) is 12.0. The van der Waals surface area contributed by atoms with E-state index in [1.807, 2.05) is 19.1 Å². The molecule has 110 valence electrons. The van der Waals surface area contributed by atoms with Crippen molar-refractivity contribution in [1.82, 2.24) is 10.6 Å². The van der Waals surface area contributed by atoms with Gasteiger partial charge >= 0.3 is 12.0 Å². The normalized spacial score (nSPS) is 13.3. The molecule has 0 fully saturated rings. The number of carbonyl (C=O) groups excluding carboxylic acids is 2. The Kier molecular flexibility index (Phi) is 5.51. The third-order valence-corrected chi connectivity index (χ3v) is 3.73. The molecule has 3 amide bonds. The second-order valence-corrected chi connectivity index (χ2v) is 5.67. The molecule has 0 aliphatic heterocycles. The maximum atomic E-state index is 11.7. The fraction of sp³-hybridized carbons (Fsp3) is 0.417. The Labute approximate surface area is 120 Å². The van der Waals surface area contributed by atoms with Crippen LogP contribution < -0.4 is 16.4 Å². The summed E-state index contributed by atoms with van der Waals surface area (Å²) in [6.45, 7) is 3.74. The molecule has 0 radical (unpaired) electrons. The van der Waals surface area contributed by atoms with Crippen LogP contribution in [0.4, 0.5) is 4.79 Å². The maximum absolute atomic E-state index is 11.7. The molecule has 1 rings (SSSR count). The highest BCUT2D eigenvalue weighted by atomic mass is 32.1. The number of hydrogen-bond acceptors (Lipinski definition) is 4. The first-order valence-corrected chi connectivity index (χ1v) is 6.75. The van der Waals surface area contributed by atoms with E-state index in [4.69, 9.17) is 10.8 Å². The first kappa shape index (κ1) is 16.0. The monoisotopic (exact) mass is 299 g/mol. The van der Waals surface area contributed by atoms with Crippen molar-refractivity contribution < 1.29 is 19.5 Å². The van der Waals surface area contributed by atoms with E-state index in [0.717, 1.165) is 9.75 Å². The van der Waals surface area contributed by atoms with Gasteiger partial charge in [0, 0.05) is 9.75 Å². The number of nitrogens with one attached hydrogen (secondary N) is 2. The lowest BCUT2D eigenvalue weighted by Crippen LogP contribution is -2.48. The zero-order valence-electron chi connectivity index (χ0n) is 11.2. The van der Waals surface area contributed by atoms with Crippen LogP contribution in [-0.4, -0.2) is 29.1 Å². The number of carboxylic acid groups (broad SMARTS) is 1. The van der Waals surface area contributed by atoms with Gasteiger partial charge in [0.2, 0.25) is 5.91 Å². The fourth-order valence-corrected chi connectivity index (χ4v) is 2.43. The molecule has 0 aliphatic carbocycles. The highest BCUT2D eigenvalue weighted by Gasteiger charge is 2.23. The van der Waals surface area contributed by atoms with Crippen LogP contribution >= 0.6 is 11.3 Å². The summed E-state index contributed by atoms with van der Waals surface area (Å²) in [6, 6.07) is 1.59. The molecule has 0 spiro atoms. The van der Waals surface area contributed by atoms with Crippen molar-refractivity contribution in [3.05, 3.63) is 21.9 Å². The minimum absolute atomic E-state index is 0.253. The molecule has 7 nitrogen and oxygen atoms in total. The molecule has 8 heteroatoms. The summed E-state index contributed by atoms with van der Waals surface area (Å²) in [5.41, 5.74) is 4.93. The number of carboxylic acids is 1. The summed E-state index contributed by atoms with van der Waals surface area (Å²) in [7, 11) is 0. The third kappa shape index (κ3) is 4.88. The van der Waals surface area contributed by atoms with E-state index in [1.54, 1.807) is 18.3 Å². The Morgan fingerprint density at radius 3 is 2.45 bits per heavy atom. The SMILES string of the molecule is Cc1ccc(C(C)NC(=O)N[C@@H](CC(N)=O)C(=O)O)s1. The molecule has 5 N–H and O–H groups in total. The number of amides is 3. The lowest BCUT2D eigenvalue weighted by molar-refractivity contribution is -0.140. The molecule has 20 heavy (non-hydrogen) atoms. The minimum atomic E-state index is -1.33. The molecule has 2 atom stereocenters. The highest BCUT2D eigenvalue weighted by Crippen LogP contribution is 2.22. The van der Waals surface area contributed by atoms with E-state index in [-0.39, 0.29) is 6.04 Å². The van der Waals surface area contributed by atoms with E-state index >= 15 is 0 Å². The van der Waals surface area contributed by atoms with Crippen LogP contribution in [0, 0.1) is 6.92 Å². The summed E-state index contributed by atoms with van der Waals surface area (Å²) in [5, 5.41) is 13.7. The maximum Gasteiger partial charge on any atom is 0.326 e. The van der Waals surface area contributed by atoms with Crippen LogP contribution in [0.15, 0.2) is 12.1 Å². The summed E-state index contributed by atoms with van der Waals surface area (Å²) in [6.07, 6.45) is -0.449. The van der Waals surface area contributed by atoms with E-state index in [2.05, 4.69) is 10.6 Å². The van der Waals surface area contributed by atoms with Gasteiger partial charge < -0.3 is 21.5 Å². The number of thiophene rings is 1. The van der Waals surface area contributed by atoms with Gasteiger partial charge in [-0.2, -0.15) is 0 Å². The molecule has 0 saturated heterocycles. The fourth-order valence-electron chi connectivity index (χ4n) is 1.56. The average Bonchev–Trinajstić information content (AvgIpc) is 2.74. The Hall–Kier alpha value is -2.09. The molecule has 0 aliphatic rings. The highest BCUT2D eigenvalue weighted by molar-refractivity contribution is 7.12. The first-order chi connectivity index (χ1) is 9.29. The van der Waals surface area contributed by atoms with Gasteiger partial charge in [0.15, 0.2) is 0 Å². The van der Waals surface area contributed by atoms with Gasteiger partial charge in [-0.1, -0.05) is 0 Å². The van der Waals surface area contributed by atoms with Crippen molar-refractivity contribution in [3.63, 3.8) is 0 Å². The number of rotatable bonds is 6. The standard InChI is InChI=1S/C12H17N3O4S/c1-6-3-4-9(20-6)7(2)14-12(19)15-8(11(17)18)5-10(13)16/h3-4,7-8H,5H2,1-2H3,(H2,13,16)(H,17,18)(H2,14,15,19)/t7?,8-/m0/s1. The van der Waals surface area contributed by atoms with Crippen molar-refractivity contribution in [2.24, 2.45) is 5.73 Å². The van der Waals surface area contributed by atoms with Crippen LogP contribution in [0.2, 0.25) is 0 Å². The summed E-state index contributed by atoms with van der Waals surface area (Å²) >= 11 is 1.54. The van der Waals surface area contributed by atoms with Gasteiger partial charge in [-0.05, 0) is 26.0 Å². The topological polar surface area (TPSA) is 122 Å². The largest absolute Gasteiger partial charge is 0.480 e. The van der Waals surface area contributed by atoms with E-state index in [1.165, 1.54) is 0 Å². The quantitative estimate of drug-likeness (QED) is 0.619. The molecule has 0 aromatic carbocycles. The molecule has 1 unspecified atom stereocenters. The molecule has 1 aromatic heterocycles. The zero-order chi connectivity index (χ0) is 15.3. The predicted octanol–water partition coefficient (Wildman–Crippen LogP) is 0.745. The lowest BCUT2D eigenvalue weighted by atomic mass is 10.2. The number of aryl methyl sites for hydroxylation is 1. The first-order valence-electron chi connectivity index (χ1n) is 5.94. The van der Waals surface area contributed by atoms with Crippen LogP contribution in [0.1, 0.15) is 29.1 Å². The molecule has 0 bridgehead atoms. The minimum Gasteiger partial charge on any atom is -0.480 e. The molecular formula is C12H17N3O4S. The average molecular weight is 299 g/mol. The number of urea groups is 1.